The Morgan fingerprint density at radius 2 is 2.16 bits per heavy atom. The number of benzene rings is 1. The van der Waals surface area contributed by atoms with Gasteiger partial charge in [0.25, 0.3) is 0 Å². The second kappa shape index (κ2) is 4.47. The van der Waals surface area contributed by atoms with Gasteiger partial charge in [0.2, 0.25) is 0 Å². The molecule has 1 saturated heterocycles. The molecule has 5 heteroatoms. The maximum Gasteiger partial charge on any atom is 0.179 e. The predicted molar refractivity (Wildman–Crippen MR) is 74.4 cm³/mol. The molecule has 0 spiro atoms. The first-order valence-electron chi connectivity index (χ1n) is 6.50. The van der Waals surface area contributed by atoms with Gasteiger partial charge in [0.15, 0.2) is 9.84 Å². The van der Waals surface area contributed by atoms with Gasteiger partial charge in [0, 0.05) is 23.8 Å². The summed E-state index contributed by atoms with van der Waals surface area (Å²) in [6, 6.07) is 7.30. The summed E-state index contributed by atoms with van der Waals surface area (Å²) in [6.07, 6.45) is 0.822. The Kier molecular flexibility index (Phi) is 3.15. The molecule has 1 aromatic carbocycles. The van der Waals surface area contributed by atoms with Crippen LogP contribution in [0.3, 0.4) is 0 Å². The van der Waals surface area contributed by atoms with Gasteiger partial charge in [-0.25, -0.2) is 8.42 Å². The minimum Gasteiger partial charge on any atom is -0.378 e. The van der Waals surface area contributed by atoms with Crippen molar-refractivity contribution in [3.05, 3.63) is 29.8 Å². The number of ether oxygens (including phenoxy) is 1. The van der Waals surface area contributed by atoms with Crippen molar-refractivity contribution in [2.24, 2.45) is 5.41 Å². The summed E-state index contributed by atoms with van der Waals surface area (Å²) >= 11 is 6.22. The Labute approximate surface area is 118 Å². The summed E-state index contributed by atoms with van der Waals surface area (Å²) in [6.45, 7) is 2.66. The van der Waals surface area contributed by atoms with Crippen molar-refractivity contribution in [2.75, 3.05) is 18.2 Å². The minimum atomic E-state index is -3.18. The fourth-order valence-electron chi connectivity index (χ4n) is 3.45. The van der Waals surface area contributed by atoms with Crippen LogP contribution in [0.2, 0.25) is 0 Å². The average Bonchev–Trinajstić information content (AvgIpc) is 2.90. The monoisotopic (exact) mass is 300 g/mol. The summed E-state index contributed by atoms with van der Waals surface area (Å²) in [5, 5.41) is 0. The highest BCUT2D eigenvalue weighted by atomic mass is 35.5. The lowest BCUT2D eigenvalue weighted by atomic mass is 9.70. The highest BCUT2D eigenvalue weighted by molar-refractivity contribution is 7.91. The molecule has 2 heterocycles. The van der Waals surface area contributed by atoms with Crippen molar-refractivity contribution in [3.63, 3.8) is 0 Å². The van der Waals surface area contributed by atoms with E-state index in [-0.39, 0.29) is 23.2 Å². The van der Waals surface area contributed by atoms with E-state index in [4.69, 9.17) is 16.3 Å². The highest BCUT2D eigenvalue weighted by Gasteiger charge is 2.52. The molecular weight excluding hydrogens is 284 g/mol. The van der Waals surface area contributed by atoms with Crippen LogP contribution in [0, 0.1) is 5.41 Å². The Morgan fingerprint density at radius 1 is 1.42 bits per heavy atom. The molecular formula is C14H17ClO3S. The van der Waals surface area contributed by atoms with Crippen LogP contribution in [0.15, 0.2) is 29.2 Å². The van der Waals surface area contributed by atoms with Gasteiger partial charge in [-0.05, 0) is 25.0 Å². The molecule has 3 nitrogen and oxygen atoms in total. The van der Waals surface area contributed by atoms with Crippen molar-refractivity contribution >= 4 is 21.4 Å². The quantitative estimate of drug-likeness (QED) is 0.789. The van der Waals surface area contributed by atoms with E-state index >= 15 is 0 Å². The van der Waals surface area contributed by atoms with E-state index in [1.165, 1.54) is 0 Å². The third-order valence-corrected chi connectivity index (χ3v) is 7.01. The van der Waals surface area contributed by atoms with E-state index in [1.54, 1.807) is 12.1 Å². The molecule has 0 saturated carbocycles. The van der Waals surface area contributed by atoms with Crippen LogP contribution in [-0.4, -0.2) is 32.8 Å². The fourth-order valence-corrected chi connectivity index (χ4v) is 5.97. The maximum atomic E-state index is 12.3. The first-order valence-corrected chi connectivity index (χ1v) is 8.69. The van der Waals surface area contributed by atoms with Crippen molar-refractivity contribution in [1.29, 1.82) is 0 Å². The lowest BCUT2D eigenvalue weighted by Crippen LogP contribution is -2.38. The van der Waals surface area contributed by atoms with Crippen LogP contribution < -0.4 is 0 Å². The molecule has 1 aromatic rings. The number of hydrogen-bond acceptors (Lipinski definition) is 3. The second-order valence-electron chi connectivity index (χ2n) is 5.50. The molecule has 0 radical (unpaired) electrons. The third-order valence-electron chi connectivity index (χ3n) is 4.70. The molecule has 0 aromatic heterocycles. The number of sulfone groups is 1. The van der Waals surface area contributed by atoms with E-state index in [0.29, 0.717) is 17.4 Å². The van der Waals surface area contributed by atoms with Gasteiger partial charge in [0.05, 0.1) is 16.8 Å². The van der Waals surface area contributed by atoms with Crippen molar-refractivity contribution in [2.45, 2.75) is 30.3 Å². The standard InChI is InChI=1S/C14H17ClO3S/c1-10-14(9-15,6-7-18-10)12-8-19(16,17)13-5-3-2-4-11(12)13/h2-5,10,12H,6-9H2,1H3. The Morgan fingerprint density at radius 3 is 2.79 bits per heavy atom. The fraction of sp³-hybridized carbons (Fsp3) is 0.571. The molecule has 0 N–H and O–H groups in total. The summed E-state index contributed by atoms with van der Waals surface area (Å²) in [5.74, 6) is 0.541. The number of fused-ring (bicyclic) bond motifs is 1. The van der Waals surface area contributed by atoms with E-state index in [1.807, 2.05) is 19.1 Å². The molecule has 0 bridgehead atoms. The maximum absolute atomic E-state index is 12.3. The van der Waals surface area contributed by atoms with E-state index in [0.717, 1.165) is 12.0 Å². The van der Waals surface area contributed by atoms with Crippen LogP contribution in [-0.2, 0) is 14.6 Å². The predicted octanol–water partition coefficient (Wildman–Crippen LogP) is 2.59. The lowest BCUT2D eigenvalue weighted by molar-refractivity contribution is 0.0635. The summed E-state index contributed by atoms with van der Waals surface area (Å²) in [7, 11) is -3.18. The van der Waals surface area contributed by atoms with Gasteiger partial charge in [-0.2, -0.15) is 0 Å². The molecule has 0 amide bonds. The first kappa shape index (κ1) is 13.4. The Bertz CT molecular complexity index is 598. The number of alkyl halides is 1. The van der Waals surface area contributed by atoms with Crippen molar-refractivity contribution < 1.29 is 13.2 Å². The van der Waals surface area contributed by atoms with Crippen LogP contribution in [0.5, 0.6) is 0 Å². The largest absolute Gasteiger partial charge is 0.378 e. The van der Waals surface area contributed by atoms with Crippen LogP contribution in [0.25, 0.3) is 0 Å². The van der Waals surface area contributed by atoms with Crippen LogP contribution in [0.1, 0.15) is 24.8 Å². The zero-order chi connectivity index (χ0) is 13.7. The molecule has 2 aliphatic heterocycles. The lowest BCUT2D eigenvalue weighted by Gasteiger charge is -2.36. The number of rotatable bonds is 2. The summed E-state index contributed by atoms with van der Waals surface area (Å²) in [4.78, 5) is 0.476. The SMILES string of the molecule is CC1OCCC1(CCl)C1CS(=O)(=O)c2ccccc21. The van der Waals surface area contributed by atoms with E-state index in [9.17, 15) is 8.42 Å². The van der Waals surface area contributed by atoms with E-state index in [2.05, 4.69) is 0 Å². The zero-order valence-corrected chi connectivity index (χ0v) is 12.4. The van der Waals surface area contributed by atoms with Crippen molar-refractivity contribution in [1.82, 2.24) is 0 Å². The summed E-state index contributed by atoms with van der Waals surface area (Å²) < 4.78 is 30.3. The molecule has 104 valence electrons. The molecule has 3 unspecified atom stereocenters. The Hall–Kier alpha value is -0.580. The topological polar surface area (TPSA) is 43.4 Å². The van der Waals surface area contributed by atoms with Crippen LogP contribution >= 0.6 is 11.6 Å². The van der Waals surface area contributed by atoms with Gasteiger partial charge >= 0.3 is 0 Å². The van der Waals surface area contributed by atoms with Gasteiger partial charge in [0.1, 0.15) is 0 Å². The average molecular weight is 301 g/mol. The summed E-state index contributed by atoms with van der Waals surface area (Å²) in [5.41, 5.74) is 0.654. The Balaban J connectivity index is 2.13. The van der Waals surface area contributed by atoms with Gasteiger partial charge in [-0.3, -0.25) is 0 Å². The van der Waals surface area contributed by atoms with Gasteiger partial charge < -0.3 is 4.74 Å². The number of hydrogen-bond donors (Lipinski definition) is 0. The molecule has 0 aliphatic carbocycles. The van der Waals surface area contributed by atoms with Crippen molar-refractivity contribution in [3.8, 4) is 0 Å². The normalized spacial score (nSPS) is 36.3. The molecule has 1 fully saturated rings. The molecule has 2 aliphatic rings. The molecule has 19 heavy (non-hydrogen) atoms. The zero-order valence-electron chi connectivity index (χ0n) is 10.8. The third kappa shape index (κ3) is 1.84. The van der Waals surface area contributed by atoms with E-state index < -0.39 is 9.84 Å². The van der Waals surface area contributed by atoms with Gasteiger partial charge in [-0.1, -0.05) is 18.2 Å². The molecule has 3 rings (SSSR count). The van der Waals surface area contributed by atoms with Crippen LogP contribution in [0.4, 0.5) is 0 Å². The number of halogens is 1. The van der Waals surface area contributed by atoms with Gasteiger partial charge in [-0.15, -0.1) is 11.6 Å². The second-order valence-corrected chi connectivity index (χ2v) is 7.77. The molecule has 3 atom stereocenters. The smallest absolute Gasteiger partial charge is 0.179 e. The minimum absolute atomic E-state index is 0.00337. The first-order chi connectivity index (χ1) is 9.01. The highest BCUT2D eigenvalue weighted by Crippen LogP contribution is 2.52.